The number of benzene rings is 1. The summed E-state index contributed by atoms with van der Waals surface area (Å²) in [5, 5.41) is 0. The molecular weight excluding hydrogens is 256 g/mol. The highest BCUT2D eigenvalue weighted by Crippen LogP contribution is 2.20. The highest BCUT2D eigenvalue weighted by molar-refractivity contribution is 14.1. The second-order valence-corrected chi connectivity index (χ2v) is 3.65. The van der Waals surface area contributed by atoms with Gasteiger partial charge >= 0.3 is 0 Å². The van der Waals surface area contributed by atoms with Crippen molar-refractivity contribution in [3.63, 3.8) is 0 Å². The van der Waals surface area contributed by atoms with Gasteiger partial charge in [-0.1, -0.05) is 0 Å². The van der Waals surface area contributed by atoms with Crippen LogP contribution in [0.15, 0.2) is 18.2 Å². The molecule has 0 bridgehead atoms. The van der Waals surface area contributed by atoms with Crippen LogP contribution in [-0.2, 0) is 0 Å². The van der Waals surface area contributed by atoms with Crippen molar-refractivity contribution in [2.24, 2.45) is 0 Å². The van der Waals surface area contributed by atoms with Crippen molar-refractivity contribution in [1.82, 2.24) is 0 Å². The molecule has 60 valence electrons. The molecule has 1 aromatic carbocycles. The maximum absolute atomic E-state index is 12.6. The maximum Gasteiger partial charge on any atom is 0.124 e. The fraction of sp³-hybridized carbons (Fsp3) is 0.250. The fourth-order valence-electron chi connectivity index (χ4n) is 0.844. The van der Waals surface area contributed by atoms with Gasteiger partial charge in [-0.25, -0.2) is 4.39 Å². The minimum atomic E-state index is -0.181. The number of hydrogen-bond donors (Lipinski definition) is 0. The summed E-state index contributed by atoms with van der Waals surface area (Å²) in [5.74, 6) is -0.181. The van der Waals surface area contributed by atoms with Gasteiger partial charge in [-0.05, 0) is 40.8 Å². The molecule has 0 heterocycles. The van der Waals surface area contributed by atoms with Crippen LogP contribution in [0.25, 0.3) is 0 Å². The zero-order chi connectivity index (χ0) is 8.43. The standard InChI is InChI=1S/C8H9FIN/c1-11(2)8-4-3-6(9)5-7(8)10/h3-5H,1-2H3. The van der Waals surface area contributed by atoms with E-state index in [4.69, 9.17) is 0 Å². The van der Waals surface area contributed by atoms with Crippen molar-refractivity contribution in [1.29, 1.82) is 0 Å². The van der Waals surface area contributed by atoms with E-state index in [0.29, 0.717) is 0 Å². The van der Waals surface area contributed by atoms with Gasteiger partial charge in [0.2, 0.25) is 0 Å². The average Bonchev–Trinajstić information content (AvgIpc) is 1.85. The van der Waals surface area contributed by atoms with Gasteiger partial charge in [-0.3, -0.25) is 0 Å². The number of anilines is 1. The van der Waals surface area contributed by atoms with E-state index in [2.05, 4.69) is 22.6 Å². The Kier molecular flexibility index (Phi) is 2.70. The molecule has 0 radical (unpaired) electrons. The fourth-order valence-corrected chi connectivity index (χ4v) is 1.80. The Morgan fingerprint density at radius 2 is 2.00 bits per heavy atom. The molecule has 0 aliphatic carbocycles. The van der Waals surface area contributed by atoms with E-state index in [0.717, 1.165) is 9.26 Å². The zero-order valence-electron chi connectivity index (χ0n) is 6.44. The summed E-state index contributed by atoms with van der Waals surface area (Å²) in [6.45, 7) is 0. The molecule has 0 N–H and O–H groups in total. The third-order valence-electron chi connectivity index (χ3n) is 1.39. The summed E-state index contributed by atoms with van der Waals surface area (Å²) < 4.78 is 13.5. The Labute approximate surface area is 79.3 Å². The van der Waals surface area contributed by atoms with Crippen molar-refractivity contribution in [2.75, 3.05) is 19.0 Å². The van der Waals surface area contributed by atoms with Gasteiger partial charge in [0.15, 0.2) is 0 Å². The lowest BCUT2D eigenvalue weighted by Gasteiger charge is -2.13. The van der Waals surface area contributed by atoms with Crippen LogP contribution in [0.3, 0.4) is 0 Å². The SMILES string of the molecule is CN(C)c1ccc(F)cc1I. The second-order valence-electron chi connectivity index (χ2n) is 2.49. The molecule has 0 spiro atoms. The normalized spacial score (nSPS) is 9.82. The molecule has 1 aromatic rings. The molecule has 0 aliphatic rings. The van der Waals surface area contributed by atoms with Gasteiger partial charge in [0.1, 0.15) is 5.82 Å². The van der Waals surface area contributed by atoms with Gasteiger partial charge in [-0.2, -0.15) is 0 Å². The summed E-state index contributed by atoms with van der Waals surface area (Å²) >= 11 is 2.12. The van der Waals surface area contributed by atoms with E-state index in [1.54, 1.807) is 6.07 Å². The van der Waals surface area contributed by atoms with Crippen molar-refractivity contribution < 1.29 is 4.39 Å². The molecule has 0 unspecified atom stereocenters. The quantitative estimate of drug-likeness (QED) is 0.705. The van der Waals surface area contributed by atoms with Crippen LogP contribution in [0.4, 0.5) is 10.1 Å². The molecule has 0 amide bonds. The molecule has 11 heavy (non-hydrogen) atoms. The van der Waals surface area contributed by atoms with Crippen LogP contribution in [0, 0.1) is 9.39 Å². The van der Waals surface area contributed by atoms with Gasteiger partial charge in [0, 0.05) is 23.4 Å². The largest absolute Gasteiger partial charge is 0.377 e. The average molecular weight is 265 g/mol. The van der Waals surface area contributed by atoms with Crippen LogP contribution >= 0.6 is 22.6 Å². The van der Waals surface area contributed by atoms with E-state index < -0.39 is 0 Å². The molecule has 0 saturated heterocycles. The highest BCUT2D eigenvalue weighted by Gasteiger charge is 2.01. The Bertz CT molecular complexity index is 260. The predicted octanol–water partition coefficient (Wildman–Crippen LogP) is 2.50. The molecule has 0 aliphatic heterocycles. The molecular formula is C8H9FIN. The van der Waals surface area contributed by atoms with E-state index >= 15 is 0 Å². The van der Waals surface area contributed by atoms with Crippen molar-refractivity contribution in [3.8, 4) is 0 Å². The molecule has 0 aromatic heterocycles. The topological polar surface area (TPSA) is 3.24 Å². The summed E-state index contributed by atoms with van der Waals surface area (Å²) in [5.41, 5.74) is 1.05. The lowest BCUT2D eigenvalue weighted by Crippen LogP contribution is -2.10. The molecule has 0 saturated carbocycles. The van der Waals surface area contributed by atoms with E-state index in [1.165, 1.54) is 12.1 Å². The Morgan fingerprint density at radius 1 is 1.36 bits per heavy atom. The molecule has 1 nitrogen and oxygen atoms in total. The summed E-state index contributed by atoms with van der Waals surface area (Å²) in [7, 11) is 3.88. The van der Waals surface area contributed by atoms with Crippen molar-refractivity contribution in [2.45, 2.75) is 0 Å². The first-order valence-corrected chi connectivity index (χ1v) is 4.31. The van der Waals surface area contributed by atoms with Crippen molar-refractivity contribution in [3.05, 3.63) is 27.6 Å². The molecule has 3 heteroatoms. The minimum Gasteiger partial charge on any atom is -0.377 e. The van der Waals surface area contributed by atoms with E-state index in [1.807, 2.05) is 19.0 Å². The maximum atomic E-state index is 12.6. The minimum absolute atomic E-state index is 0.181. The molecule has 1 rings (SSSR count). The lowest BCUT2D eigenvalue weighted by atomic mass is 10.3. The van der Waals surface area contributed by atoms with Crippen LogP contribution < -0.4 is 4.90 Å². The summed E-state index contributed by atoms with van der Waals surface area (Å²) in [4.78, 5) is 1.96. The van der Waals surface area contributed by atoms with Gasteiger partial charge in [0.05, 0.1) is 0 Å². The summed E-state index contributed by atoms with van der Waals surface area (Å²) in [6.07, 6.45) is 0. The van der Waals surface area contributed by atoms with Crippen LogP contribution in [0.1, 0.15) is 0 Å². The van der Waals surface area contributed by atoms with E-state index in [9.17, 15) is 4.39 Å². The Hall–Kier alpha value is -0.320. The van der Waals surface area contributed by atoms with Crippen molar-refractivity contribution >= 4 is 28.3 Å². The predicted molar refractivity (Wildman–Crippen MR) is 53.4 cm³/mol. The Balaban J connectivity index is 3.09. The number of halogens is 2. The van der Waals surface area contributed by atoms with Crippen LogP contribution in [0.5, 0.6) is 0 Å². The lowest BCUT2D eigenvalue weighted by molar-refractivity contribution is 0.627. The zero-order valence-corrected chi connectivity index (χ0v) is 8.59. The molecule has 0 atom stereocenters. The van der Waals surface area contributed by atoms with E-state index in [-0.39, 0.29) is 5.82 Å². The Morgan fingerprint density at radius 3 is 2.45 bits per heavy atom. The van der Waals surface area contributed by atoms with Gasteiger partial charge < -0.3 is 4.90 Å². The first-order chi connectivity index (χ1) is 5.11. The first kappa shape index (κ1) is 8.77. The second kappa shape index (κ2) is 3.38. The highest BCUT2D eigenvalue weighted by atomic mass is 127. The molecule has 0 fully saturated rings. The van der Waals surface area contributed by atoms with Crippen LogP contribution in [0.2, 0.25) is 0 Å². The number of rotatable bonds is 1. The monoisotopic (exact) mass is 265 g/mol. The smallest absolute Gasteiger partial charge is 0.124 e. The third kappa shape index (κ3) is 2.05. The van der Waals surface area contributed by atoms with Gasteiger partial charge in [-0.15, -0.1) is 0 Å². The first-order valence-electron chi connectivity index (χ1n) is 3.23. The summed E-state index contributed by atoms with van der Waals surface area (Å²) in [6, 6.07) is 4.77. The number of hydrogen-bond acceptors (Lipinski definition) is 1. The third-order valence-corrected chi connectivity index (χ3v) is 2.26. The number of nitrogens with zero attached hydrogens (tertiary/aromatic N) is 1. The van der Waals surface area contributed by atoms with Gasteiger partial charge in [0.25, 0.3) is 0 Å². The van der Waals surface area contributed by atoms with Crippen LogP contribution in [-0.4, -0.2) is 14.1 Å².